The average molecular weight is 280 g/mol. The first-order valence-corrected chi connectivity index (χ1v) is 8.64. The van der Waals surface area contributed by atoms with Crippen LogP contribution in [-0.4, -0.2) is 24.0 Å². The number of hydrogen-bond donors (Lipinski definition) is 1. The van der Waals surface area contributed by atoms with Crippen molar-refractivity contribution in [3.05, 3.63) is 22.4 Å². The Bertz CT molecular complexity index is 342. The number of hydrogen-bond acceptors (Lipinski definition) is 3. The van der Waals surface area contributed by atoms with Crippen LogP contribution in [0.1, 0.15) is 57.6 Å². The van der Waals surface area contributed by atoms with Gasteiger partial charge in [0.05, 0.1) is 0 Å². The zero-order valence-electron chi connectivity index (χ0n) is 12.3. The quantitative estimate of drug-likeness (QED) is 0.817. The molecular formula is C16H28N2S. The zero-order valence-corrected chi connectivity index (χ0v) is 13.2. The first-order chi connectivity index (χ1) is 9.22. The van der Waals surface area contributed by atoms with Crippen molar-refractivity contribution < 1.29 is 0 Å². The van der Waals surface area contributed by atoms with E-state index in [0.29, 0.717) is 6.04 Å². The van der Waals surface area contributed by atoms with Crippen molar-refractivity contribution in [3.63, 3.8) is 0 Å². The van der Waals surface area contributed by atoms with Gasteiger partial charge in [-0.15, -0.1) is 0 Å². The van der Waals surface area contributed by atoms with Crippen LogP contribution >= 0.6 is 11.3 Å². The third-order valence-electron chi connectivity index (χ3n) is 4.31. The molecule has 0 spiro atoms. The molecule has 108 valence electrons. The fourth-order valence-electron chi connectivity index (χ4n) is 3.16. The van der Waals surface area contributed by atoms with Gasteiger partial charge in [-0.05, 0) is 54.1 Å². The van der Waals surface area contributed by atoms with Crippen molar-refractivity contribution in [1.82, 2.24) is 4.90 Å². The second-order valence-corrected chi connectivity index (χ2v) is 6.95. The molecule has 3 heteroatoms. The largest absolute Gasteiger partial charge is 0.329 e. The molecule has 1 aliphatic rings. The number of nitrogens with two attached hydrogens (primary N) is 1. The summed E-state index contributed by atoms with van der Waals surface area (Å²) < 4.78 is 0. The highest BCUT2D eigenvalue weighted by Crippen LogP contribution is 2.32. The van der Waals surface area contributed by atoms with Crippen LogP contribution in [0, 0.1) is 5.92 Å². The molecule has 0 amide bonds. The van der Waals surface area contributed by atoms with Gasteiger partial charge in [-0.3, -0.25) is 4.90 Å². The molecule has 19 heavy (non-hydrogen) atoms. The highest BCUT2D eigenvalue weighted by Gasteiger charge is 2.28. The third kappa shape index (κ3) is 4.04. The van der Waals surface area contributed by atoms with Crippen LogP contribution in [0.5, 0.6) is 0 Å². The summed E-state index contributed by atoms with van der Waals surface area (Å²) in [4.78, 5) is 2.70. The van der Waals surface area contributed by atoms with E-state index in [4.69, 9.17) is 5.73 Å². The summed E-state index contributed by atoms with van der Waals surface area (Å²) in [5.74, 6) is 0.768. The highest BCUT2D eigenvalue weighted by molar-refractivity contribution is 7.07. The van der Waals surface area contributed by atoms with Crippen LogP contribution in [0.15, 0.2) is 16.8 Å². The van der Waals surface area contributed by atoms with E-state index in [0.717, 1.165) is 18.5 Å². The summed E-state index contributed by atoms with van der Waals surface area (Å²) in [6.07, 6.45) is 6.78. The summed E-state index contributed by atoms with van der Waals surface area (Å²) >= 11 is 1.79. The molecule has 1 unspecified atom stereocenters. The molecule has 1 saturated carbocycles. The maximum atomic E-state index is 6.10. The monoisotopic (exact) mass is 280 g/mol. The van der Waals surface area contributed by atoms with E-state index in [9.17, 15) is 0 Å². The molecule has 1 aromatic heterocycles. The molecule has 0 radical (unpaired) electrons. The van der Waals surface area contributed by atoms with E-state index < -0.39 is 0 Å². The Kier molecular flexibility index (Phi) is 5.86. The van der Waals surface area contributed by atoms with E-state index in [1.807, 2.05) is 0 Å². The molecule has 1 aliphatic carbocycles. The smallest absolute Gasteiger partial charge is 0.0481 e. The van der Waals surface area contributed by atoms with Gasteiger partial charge in [0.15, 0.2) is 0 Å². The Morgan fingerprint density at radius 2 is 2.11 bits per heavy atom. The molecule has 0 bridgehead atoms. The molecule has 2 N–H and O–H groups in total. The van der Waals surface area contributed by atoms with Crippen LogP contribution in [0.4, 0.5) is 0 Å². The van der Waals surface area contributed by atoms with E-state index in [-0.39, 0.29) is 0 Å². The third-order valence-corrected chi connectivity index (χ3v) is 5.01. The van der Waals surface area contributed by atoms with Crippen molar-refractivity contribution in [3.8, 4) is 0 Å². The average Bonchev–Trinajstić information content (AvgIpc) is 3.06. The van der Waals surface area contributed by atoms with Crippen molar-refractivity contribution in [2.45, 2.75) is 58.0 Å². The lowest BCUT2D eigenvalue weighted by atomic mass is 10.0. The molecule has 1 heterocycles. The fourth-order valence-corrected chi connectivity index (χ4v) is 3.87. The number of nitrogens with zero attached hydrogens (tertiary/aromatic N) is 1. The predicted molar refractivity (Wildman–Crippen MR) is 84.5 cm³/mol. The van der Waals surface area contributed by atoms with E-state index in [1.165, 1.54) is 44.2 Å². The van der Waals surface area contributed by atoms with Crippen LogP contribution in [0.2, 0.25) is 0 Å². The Morgan fingerprint density at radius 3 is 2.63 bits per heavy atom. The first kappa shape index (κ1) is 15.0. The van der Waals surface area contributed by atoms with Gasteiger partial charge >= 0.3 is 0 Å². The summed E-state index contributed by atoms with van der Waals surface area (Å²) in [6.45, 7) is 6.56. The summed E-state index contributed by atoms with van der Waals surface area (Å²) in [6, 6.07) is 3.43. The van der Waals surface area contributed by atoms with Crippen molar-refractivity contribution in [2.24, 2.45) is 11.7 Å². The minimum Gasteiger partial charge on any atom is -0.329 e. The van der Waals surface area contributed by atoms with Gasteiger partial charge in [0, 0.05) is 18.6 Å². The number of rotatable bonds is 7. The fraction of sp³-hybridized carbons (Fsp3) is 0.750. The molecule has 0 saturated heterocycles. The maximum Gasteiger partial charge on any atom is 0.0481 e. The molecule has 0 aliphatic heterocycles. The standard InChI is InChI=1S/C16H28N2S/c1-13(2)7-9-18(15-5-3-4-6-15)16(11-17)14-8-10-19-12-14/h8,10,12-13,15-16H,3-7,9,11,17H2,1-2H3. The Hall–Kier alpha value is -0.380. The van der Waals surface area contributed by atoms with E-state index >= 15 is 0 Å². The van der Waals surface area contributed by atoms with Crippen LogP contribution in [0.3, 0.4) is 0 Å². The Balaban J connectivity index is 2.09. The Labute approximate surface area is 122 Å². The second kappa shape index (κ2) is 7.41. The van der Waals surface area contributed by atoms with Gasteiger partial charge in [0.1, 0.15) is 0 Å². The van der Waals surface area contributed by atoms with Gasteiger partial charge in [-0.1, -0.05) is 26.7 Å². The SMILES string of the molecule is CC(C)CCN(C1CCCC1)C(CN)c1ccsc1. The summed E-state index contributed by atoms with van der Waals surface area (Å²) in [5, 5.41) is 4.45. The van der Waals surface area contributed by atoms with Gasteiger partial charge in [0.2, 0.25) is 0 Å². The molecule has 1 aromatic rings. The summed E-state index contributed by atoms with van der Waals surface area (Å²) in [7, 11) is 0. The van der Waals surface area contributed by atoms with Gasteiger partial charge in [-0.2, -0.15) is 11.3 Å². The highest BCUT2D eigenvalue weighted by atomic mass is 32.1. The van der Waals surface area contributed by atoms with E-state index in [2.05, 4.69) is 35.6 Å². The van der Waals surface area contributed by atoms with Crippen LogP contribution in [0.25, 0.3) is 0 Å². The van der Waals surface area contributed by atoms with E-state index in [1.54, 1.807) is 11.3 Å². The first-order valence-electron chi connectivity index (χ1n) is 7.70. The minimum absolute atomic E-state index is 0.424. The topological polar surface area (TPSA) is 29.3 Å². The van der Waals surface area contributed by atoms with Gasteiger partial charge < -0.3 is 5.73 Å². The molecular weight excluding hydrogens is 252 g/mol. The minimum atomic E-state index is 0.424. The lowest BCUT2D eigenvalue weighted by Gasteiger charge is -2.36. The molecule has 1 fully saturated rings. The lowest BCUT2D eigenvalue weighted by molar-refractivity contribution is 0.131. The Morgan fingerprint density at radius 1 is 1.37 bits per heavy atom. The van der Waals surface area contributed by atoms with Crippen molar-refractivity contribution in [2.75, 3.05) is 13.1 Å². The molecule has 1 atom stereocenters. The lowest BCUT2D eigenvalue weighted by Crippen LogP contribution is -2.41. The maximum absolute atomic E-state index is 6.10. The van der Waals surface area contributed by atoms with Crippen molar-refractivity contribution in [1.29, 1.82) is 0 Å². The molecule has 0 aromatic carbocycles. The molecule has 2 rings (SSSR count). The summed E-state index contributed by atoms with van der Waals surface area (Å²) in [5.41, 5.74) is 7.52. The van der Waals surface area contributed by atoms with Gasteiger partial charge in [0.25, 0.3) is 0 Å². The zero-order chi connectivity index (χ0) is 13.7. The normalized spacial score (nSPS) is 18.6. The van der Waals surface area contributed by atoms with Crippen LogP contribution < -0.4 is 5.73 Å². The predicted octanol–water partition coefficient (Wildman–Crippen LogP) is 4.04. The second-order valence-electron chi connectivity index (χ2n) is 6.17. The molecule has 2 nitrogen and oxygen atoms in total. The van der Waals surface area contributed by atoms with Crippen molar-refractivity contribution >= 4 is 11.3 Å². The van der Waals surface area contributed by atoms with Gasteiger partial charge in [-0.25, -0.2) is 0 Å². The van der Waals surface area contributed by atoms with Crippen LogP contribution in [-0.2, 0) is 0 Å². The number of thiophene rings is 1.